The van der Waals surface area contributed by atoms with Gasteiger partial charge in [-0.05, 0) is 48.3 Å². The SMILES string of the molecule is O=CC1CC2C3CC4C2C4C13. The molecule has 0 heterocycles. The van der Waals surface area contributed by atoms with Crippen molar-refractivity contribution in [3.8, 4) is 0 Å². The molecule has 0 spiro atoms. The molecule has 1 heteroatoms. The van der Waals surface area contributed by atoms with E-state index in [-0.39, 0.29) is 0 Å². The van der Waals surface area contributed by atoms with Gasteiger partial charge in [-0.1, -0.05) is 0 Å². The zero-order valence-electron chi connectivity index (χ0n) is 6.44. The van der Waals surface area contributed by atoms with E-state index in [9.17, 15) is 4.79 Å². The summed E-state index contributed by atoms with van der Waals surface area (Å²) in [4.78, 5) is 10.7. The summed E-state index contributed by atoms with van der Waals surface area (Å²) >= 11 is 0. The van der Waals surface area contributed by atoms with Crippen LogP contribution in [0.15, 0.2) is 0 Å². The second-order valence-corrected chi connectivity index (χ2v) is 4.99. The molecule has 0 aromatic carbocycles. The van der Waals surface area contributed by atoms with E-state index in [0.29, 0.717) is 5.92 Å². The van der Waals surface area contributed by atoms with Crippen molar-refractivity contribution in [3.63, 3.8) is 0 Å². The quantitative estimate of drug-likeness (QED) is 0.513. The fourth-order valence-corrected chi connectivity index (χ4v) is 4.94. The number of rotatable bonds is 1. The molecule has 0 aromatic rings. The Bertz CT molecular complexity index is 247. The highest BCUT2D eigenvalue weighted by Gasteiger charge is 2.77. The standard InChI is InChI=1S/C10H12O/c11-3-4-1-5-6-2-7-9(5)10(7)8(4)6/h3-10H,1-2H2. The Balaban J connectivity index is 1.85. The maximum atomic E-state index is 10.7. The lowest BCUT2D eigenvalue weighted by atomic mass is 9.90. The van der Waals surface area contributed by atoms with Gasteiger partial charge in [-0.3, -0.25) is 0 Å². The molecule has 0 aliphatic heterocycles. The summed E-state index contributed by atoms with van der Waals surface area (Å²) in [5.41, 5.74) is 0. The summed E-state index contributed by atoms with van der Waals surface area (Å²) in [7, 11) is 0. The molecule has 0 saturated heterocycles. The molecule has 5 aliphatic rings. The van der Waals surface area contributed by atoms with E-state index in [0.717, 1.165) is 35.5 Å². The predicted octanol–water partition coefficient (Wildman–Crippen LogP) is 1.33. The predicted molar refractivity (Wildman–Crippen MR) is 39.7 cm³/mol. The van der Waals surface area contributed by atoms with Crippen LogP contribution >= 0.6 is 0 Å². The second kappa shape index (κ2) is 1.30. The zero-order chi connectivity index (χ0) is 7.16. The zero-order valence-corrected chi connectivity index (χ0v) is 6.44. The van der Waals surface area contributed by atoms with Crippen molar-refractivity contribution in [2.75, 3.05) is 0 Å². The molecule has 7 atom stereocenters. The highest BCUT2D eigenvalue weighted by molar-refractivity contribution is 5.57. The molecule has 1 nitrogen and oxygen atoms in total. The van der Waals surface area contributed by atoms with E-state index in [2.05, 4.69) is 0 Å². The first-order valence-corrected chi connectivity index (χ1v) is 4.87. The molecule has 6 bridgehead atoms. The van der Waals surface area contributed by atoms with E-state index in [1.807, 2.05) is 0 Å². The number of carbonyl (C=O) groups is 1. The Morgan fingerprint density at radius 3 is 2.27 bits per heavy atom. The second-order valence-electron chi connectivity index (χ2n) is 4.99. The van der Waals surface area contributed by atoms with Crippen LogP contribution in [0.25, 0.3) is 0 Å². The molecule has 11 heavy (non-hydrogen) atoms. The molecule has 0 amide bonds. The van der Waals surface area contributed by atoms with E-state index in [1.54, 1.807) is 0 Å². The van der Waals surface area contributed by atoms with Crippen molar-refractivity contribution in [2.45, 2.75) is 12.8 Å². The number of carbonyl (C=O) groups excluding carboxylic acids is 1. The lowest BCUT2D eigenvalue weighted by Gasteiger charge is -2.14. The third kappa shape index (κ3) is 0.361. The average Bonchev–Trinajstić information content (AvgIpc) is 2.41. The van der Waals surface area contributed by atoms with Gasteiger partial charge in [0.2, 0.25) is 0 Å². The minimum atomic E-state index is 0.485. The summed E-state index contributed by atoms with van der Waals surface area (Å²) in [6, 6.07) is 0. The van der Waals surface area contributed by atoms with E-state index < -0.39 is 0 Å². The molecule has 0 aromatic heterocycles. The molecule has 0 N–H and O–H groups in total. The topological polar surface area (TPSA) is 17.1 Å². The Kier molecular flexibility index (Phi) is 0.630. The summed E-state index contributed by atoms with van der Waals surface area (Å²) in [6.45, 7) is 0. The monoisotopic (exact) mass is 148 g/mol. The third-order valence-electron chi connectivity index (χ3n) is 5.03. The van der Waals surface area contributed by atoms with Crippen LogP contribution in [-0.2, 0) is 4.79 Å². The van der Waals surface area contributed by atoms with Crippen molar-refractivity contribution in [1.29, 1.82) is 0 Å². The van der Waals surface area contributed by atoms with Gasteiger partial charge >= 0.3 is 0 Å². The van der Waals surface area contributed by atoms with Gasteiger partial charge in [-0.25, -0.2) is 0 Å². The van der Waals surface area contributed by atoms with Gasteiger partial charge in [0.15, 0.2) is 0 Å². The minimum absolute atomic E-state index is 0.485. The molecule has 7 unspecified atom stereocenters. The maximum Gasteiger partial charge on any atom is 0.123 e. The van der Waals surface area contributed by atoms with Crippen LogP contribution in [0.2, 0.25) is 0 Å². The van der Waals surface area contributed by atoms with Gasteiger partial charge < -0.3 is 4.79 Å². The summed E-state index contributed by atoms with van der Waals surface area (Å²) in [5, 5.41) is 0. The summed E-state index contributed by atoms with van der Waals surface area (Å²) in [5.74, 6) is 6.61. The highest BCUT2D eigenvalue weighted by Crippen LogP contribution is 2.81. The molecule has 5 aliphatic carbocycles. The summed E-state index contributed by atoms with van der Waals surface area (Å²) < 4.78 is 0. The minimum Gasteiger partial charge on any atom is -0.303 e. The van der Waals surface area contributed by atoms with Crippen LogP contribution < -0.4 is 0 Å². The molecule has 5 fully saturated rings. The first-order chi connectivity index (χ1) is 5.42. The molecule has 5 rings (SSSR count). The lowest BCUT2D eigenvalue weighted by molar-refractivity contribution is -0.112. The van der Waals surface area contributed by atoms with Gasteiger partial charge in [0.25, 0.3) is 0 Å². The number of hydrogen-bond acceptors (Lipinski definition) is 1. The Hall–Kier alpha value is -0.330. The van der Waals surface area contributed by atoms with E-state index >= 15 is 0 Å². The van der Waals surface area contributed by atoms with Gasteiger partial charge in [-0.2, -0.15) is 0 Å². The largest absolute Gasteiger partial charge is 0.303 e. The Morgan fingerprint density at radius 1 is 0.909 bits per heavy atom. The molecule has 0 radical (unpaired) electrons. The fraction of sp³-hybridized carbons (Fsp3) is 0.900. The van der Waals surface area contributed by atoms with E-state index in [4.69, 9.17) is 0 Å². The summed E-state index contributed by atoms with van der Waals surface area (Å²) in [6.07, 6.45) is 4.00. The number of hydrogen-bond donors (Lipinski definition) is 0. The molecule has 58 valence electrons. The molecular formula is C10H12O. The fourth-order valence-electron chi connectivity index (χ4n) is 4.94. The van der Waals surface area contributed by atoms with Gasteiger partial charge in [0.05, 0.1) is 0 Å². The third-order valence-corrected chi connectivity index (χ3v) is 5.03. The van der Waals surface area contributed by atoms with Crippen molar-refractivity contribution in [3.05, 3.63) is 0 Å². The van der Waals surface area contributed by atoms with Crippen molar-refractivity contribution >= 4 is 6.29 Å². The van der Waals surface area contributed by atoms with Gasteiger partial charge in [0.1, 0.15) is 6.29 Å². The van der Waals surface area contributed by atoms with Crippen LogP contribution in [-0.4, -0.2) is 6.29 Å². The van der Waals surface area contributed by atoms with E-state index in [1.165, 1.54) is 19.1 Å². The molecule has 5 saturated carbocycles. The van der Waals surface area contributed by atoms with Crippen LogP contribution in [0.3, 0.4) is 0 Å². The van der Waals surface area contributed by atoms with Crippen molar-refractivity contribution < 1.29 is 4.79 Å². The van der Waals surface area contributed by atoms with Crippen LogP contribution in [0.5, 0.6) is 0 Å². The van der Waals surface area contributed by atoms with Crippen molar-refractivity contribution in [2.24, 2.45) is 41.4 Å². The van der Waals surface area contributed by atoms with Gasteiger partial charge in [-0.15, -0.1) is 0 Å². The average molecular weight is 148 g/mol. The highest BCUT2D eigenvalue weighted by atomic mass is 16.1. The number of aldehydes is 1. The van der Waals surface area contributed by atoms with Crippen molar-refractivity contribution in [1.82, 2.24) is 0 Å². The first-order valence-electron chi connectivity index (χ1n) is 4.87. The lowest BCUT2D eigenvalue weighted by Crippen LogP contribution is -2.14. The molecular weight excluding hydrogens is 136 g/mol. The van der Waals surface area contributed by atoms with Gasteiger partial charge in [0, 0.05) is 5.92 Å². The van der Waals surface area contributed by atoms with Crippen LogP contribution in [0.4, 0.5) is 0 Å². The Morgan fingerprint density at radius 2 is 1.73 bits per heavy atom. The Labute approximate surface area is 66.2 Å². The maximum absolute atomic E-state index is 10.7. The first kappa shape index (κ1) is 5.34. The van der Waals surface area contributed by atoms with Crippen LogP contribution in [0.1, 0.15) is 12.8 Å². The normalized spacial score (nSPS) is 74.0. The smallest absolute Gasteiger partial charge is 0.123 e. The van der Waals surface area contributed by atoms with Crippen LogP contribution in [0, 0.1) is 41.4 Å².